The lowest BCUT2D eigenvalue weighted by Gasteiger charge is -2.36. The Morgan fingerprint density at radius 1 is 1.43 bits per heavy atom. The number of aromatic nitrogens is 1. The molecule has 1 fully saturated rings. The summed E-state index contributed by atoms with van der Waals surface area (Å²) in [6, 6.07) is 4.86. The average Bonchev–Trinajstić information content (AvgIpc) is 2.46. The van der Waals surface area contributed by atoms with Gasteiger partial charge in [-0.15, -0.1) is 0 Å². The maximum atomic E-state index is 5.59. The van der Waals surface area contributed by atoms with E-state index in [0.29, 0.717) is 12.0 Å². The molecule has 1 unspecified atom stereocenters. The molecule has 4 nitrogen and oxygen atoms in total. The van der Waals surface area contributed by atoms with Crippen LogP contribution in [-0.4, -0.2) is 37.3 Å². The molecule has 0 radical (unpaired) electrons. The van der Waals surface area contributed by atoms with Crippen LogP contribution in [0.4, 0.5) is 5.82 Å². The number of nitrogens with one attached hydrogen (secondary N) is 1. The van der Waals surface area contributed by atoms with Crippen molar-refractivity contribution in [1.82, 2.24) is 10.3 Å². The van der Waals surface area contributed by atoms with Crippen LogP contribution >= 0.6 is 0 Å². The molecule has 1 aromatic heterocycles. The highest BCUT2D eigenvalue weighted by Crippen LogP contribution is 2.21. The summed E-state index contributed by atoms with van der Waals surface area (Å²) < 4.78 is 5.59. The van der Waals surface area contributed by atoms with Crippen LogP contribution in [-0.2, 0) is 11.3 Å². The highest BCUT2D eigenvalue weighted by atomic mass is 16.5. The number of nitrogens with zero attached hydrogens (tertiary/aromatic N) is 2. The third kappa shape index (κ3) is 4.68. The second kappa shape index (κ2) is 7.76. The Hall–Kier alpha value is -1.13. The number of pyridine rings is 1. The molecule has 1 N–H and O–H groups in total. The summed E-state index contributed by atoms with van der Waals surface area (Å²) in [5.74, 6) is 1.78. The molecule has 1 atom stereocenters. The SMILES string of the molecule is CCC1COCCN1c1cc(CNCC(C)C)cc(C)n1. The fourth-order valence-electron chi connectivity index (χ4n) is 2.77. The largest absolute Gasteiger partial charge is 0.377 e. The first-order valence-electron chi connectivity index (χ1n) is 8.12. The van der Waals surface area contributed by atoms with Crippen molar-refractivity contribution in [3.05, 3.63) is 23.4 Å². The molecule has 1 aromatic rings. The maximum Gasteiger partial charge on any atom is 0.129 e. The Labute approximate surface area is 128 Å². The summed E-state index contributed by atoms with van der Waals surface area (Å²) in [4.78, 5) is 7.15. The summed E-state index contributed by atoms with van der Waals surface area (Å²) in [7, 11) is 0. The Morgan fingerprint density at radius 3 is 2.95 bits per heavy atom. The molecular formula is C17H29N3O. The fraction of sp³-hybridized carbons (Fsp3) is 0.706. The second-order valence-electron chi connectivity index (χ2n) is 6.33. The summed E-state index contributed by atoms with van der Waals surface area (Å²) in [6.07, 6.45) is 1.09. The van der Waals surface area contributed by atoms with Gasteiger partial charge in [-0.25, -0.2) is 4.98 Å². The lowest BCUT2D eigenvalue weighted by atomic mass is 10.1. The molecule has 2 rings (SSSR count). The second-order valence-corrected chi connectivity index (χ2v) is 6.33. The molecular weight excluding hydrogens is 262 g/mol. The summed E-state index contributed by atoms with van der Waals surface area (Å²) in [6.45, 7) is 13.3. The van der Waals surface area contributed by atoms with Crippen LogP contribution in [0.5, 0.6) is 0 Å². The standard InChI is InChI=1S/C17H29N3O/c1-5-16-12-21-7-6-20(16)17-9-15(8-14(4)19-17)11-18-10-13(2)3/h8-9,13,16,18H,5-7,10-12H2,1-4H3. The van der Waals surface area contributed by atoms with Gasteiger partial charge in [0.05, 0.1) is 19.3 Å². The predicted molar refractivity (Wildman–Crippen MR) is 87.8 cm³/mol. The van der Waals surface area contributed by atoms with Gasteiger partial charge in [-0.3, -0.25) is 0 Å². The molecule has 2 heterocycles. The van der Waals surface area contributed by atoms with Crippen molar-refractivity contribution in [2.24, 2.45) is 5.92 Å². The fourth-order valence-corrected chi connectivity index (χ4v) is 2.77. The number of aryl methyl sites for hydroxylation is 1. The number of anilines is 1. The molecule has 1 aliphatic heterocycles. The molecule has 21 heavy (non-hydrogen) atoms. The third-order valence-corrected chi connectivity index (χ3v) is 3.87. The number of hydrogen-bond acceptors (Lipinski definition) is 4. The molecule has 0 saturated carbocycles. The Bertz CT molecular complexity index is 448. The van der Waals surface area contributed by atoms with Gasteiger partial charge in [0.15, 0.2) is 0 Å². The number of morpholine rings is 1. The number of hydrogen-bond donors (Lipinski definition) is 1. The quantitative estimate of drug-likeness (QED) is 0.874. The van der Waals surface area contributed by atoms with E-state index in [1.54, 1.807) is 0 Å². The Kier molecular flexibility index (Phi) is 6.00. The van der Waals surface area contributed by atoms with Crippen LogP contribution in [0.2, 0.25) is 0 Å². The van der Waals surface area contributed by atoms with Gasteiger partial charge in [-0.05, 0) is 43.5 Å². The van der Waals surface area contributed by atoms with Crippen LogP contribution in [0, 0.1) is 12.8 Å². The smallest absolute Gasteiger partial charge is 0.129 e. The van der Waals surface area contributed by atoms with Crippen molar-refractivity contribution in [2.45, 2.75) is 46.7 Å². The Morgan fingerprint density at radius 2 is 2.24 bits per heavy atom. The zero-order valence-electron chi connectivity index (χ0n) is 13.9. The van der Waals surface area contributed by atoms with Crippen LogP contribution < -0.4 is 10.2 Å². The Balaban J connectivity index is 2.10. The molecule has 4 heteroatoms. The van der Waals surface area contributed by atoms with E-state index >= 15 is 0 Å². The van der Waals surface area contributed by atoms with E-state index in [2.05, 4.69) is 50.0 Å². The topological polar surface area (TPSA) is 37.4 Å². The number of rotatable bonds is 6. The van der Waals surface area contributed by atoms with Gasteiger partial charge in [0.1, 0.15) is 5.82 Å². The first-order chi connectivity index (χ1) is 10.1. The molecule has 0 bridgehead atoms. The van der Waals surface area contributed by atoms with E-state index in [-0.39, 0.29) is 0 Å². The molecule has 1 saturated heterocycles. The summed E-state index contributed by atoms with van der Waals surface area (Å²) in [5, 5.41) is 3.51. The molecule has 118 valence electrons. The normalized spacial score (nSPS) is 19.3. The van der Waals surface area contributed by atoms with Crippen LogP contribution in [0.15, 0.2) is 12.1 Å². The minimum Gasteiger partial charge on any atom is -0.377 e. The zero-order chi connectivity index (χ0) is 15.2. The first-order valence-corrected chi connectivity index (χ1v) is 8.12. The van der Waals surface area contributed by atoms with Crippen molar-refractivity contribution in [3.8, 4) is 0 Å². The van der Waals surface area contributed by atoms with Crippen molar-refractivity contribution in [3.63, 3.8) is 0 Å². The zero-order valence-corrected chi connectivity index (χ0v) is 13.9. The third-order valence-electron chi connectivity index (χ3n) is 3.87. The van der Waals surface area contributed by atoms with Gasteiger partial charge in [0.25, 0.3) is 0 Å². The van der Waals surface area contributed by atoms with Gasteiger partial charge >= 0.3 is 0 Å². The molecule has 0 amide bonds. The van der Waals surface area contributed by atoms with Crippen molar-refractivity contribution >= 4 is 5.82 Å². The molecule has 1 aliphatic rings. The van der Waals surface area contributed by atoms with E-state index in [9.17, 15) is 0 Å². The van der Waals surface area contributed by atoms with Gasteiger partial charge in [-0.2, -0.15) is 0 Å². The first kappa shape index (κ1) is 16.2. The predicted octanol–water partition coefficient (Wildman–Crippen LogP) is 2.75. The van der Waals surface area contributed by atoms with Crippen molar-refractivity contribution in [1.29, 1.82) is 0 Å². The minimum atomic E-state index is 0.449. The number of ether oxygens (including phenoxy) is 1. The lowest BCUT2D eigenvalue weighted by molar-refractivity contribution is 0.0925. The lowest BCUT2D eigenvalue weighted by Crippen LogP contribution is -2.45. The minimum absolute atomic E-state index is 0.449. The maximum absolute atomic E-state index is 5.59. The van der Waals surface area contributed by atoms with Crippen molar-refractivity contribution < 1.29 is 4.74 Å². The highest BCUT2D eigenvalue weighted by Gasteiger charge is 2.23. The van der Waals surface area contributed by atoms with Crippen molar-refractivity contribution in [2.75, 3.05) is 31.2 Å². The highest BCUT2D eigenvalue weighted by molar-refractivity contribution is 5.44. The van der Waals surface area contributed by atoms with Crippen LogP contribution in [0.3, 0.4) is 0 Å². The molecule has 0 aromatic carbocycles. The summed E-state index contributed by atoms with van der Waals surface area (Å²) >= 11 is 0. The van der Waals surface area contributed by atoms with Gasteiger partial charge in [-0.1, -0.05) is 20.8 Å². The van der Waals surface area contributed by atoms with E-state index in [0.717, 1.165) is 50.8 Å². The monoisotopic (exact) mass is 291 g/mol. The van der Waals surface area contributed by atoms with Gasteiger partial charge in [0.2, 0.25) is 0 Å². The van der Waals surface area contributed by atoms with E-state index in [4.69, 9.17) is 9.72 Å². The van der Waals surface area contributed by atoms with Gasteiger partial charge < -0.3 is 15.0 Å². The average molecular weight is 291 g/mol. The molecule has 0 aliphatic carbocycles. The van der Waals surface area contributed by atoms with Crippen LogP contribution in [0.1, 0.15) is 38.4 Å². The van der Waals surface area contributed by atoms with Crippen LogP contribution in [0.25, 0.3) is 0 Å². The van der Waals surface area contributed by atoms with E-state index in [1.807, 2.05) is 0 Å². The van der Waals surface area contributed by atoms with E-state index in [1.165, 1.54) is 5.56 Å². The molecule has 0 spiro atoms. The summed E-state index contributed by atoms with van der Waals surface area (Å²) in [5.41, 5.74) is 2.41. The van der Waals surface area contributed by atoms with E-state index < -0.39 is 0 Å². The van der Waals surface area contributed by atoms with Gasteiger partial charge in [0, 0.05) is 18.8 Å².